The number of aliphatic hydroxyl groups excluding tert-OH is 1. The first kappa shape index (κ1) is 17.9. The molecule has 0 amide bonds. The third-order valence-corrected chi connectivity index (χ3v) is 3.67. The Morgan fingerprint density at radius 1 is 1.33 bits per heavy atom. The van der Waals surface area contributed by atoms with E-state index in [0.29, 0.717) is 17.9 Å². The molecule has 1 atom stereocenters. The summed E-state index contributed by atoms with van der Waals surface area (Å²) in [6, 6.07) is 4.81. The standard InChI is InChI=1S/C17H28FNO2/c1-4-10-19-17(3,13-20)9-5-6-11-21-15-7-8-16(18)14(2)12-15/h7-8,12,19-20H,4-6,9-11,13H2,1-3H3. The number of rotatable bonds is 10. The molecule has 0 fully saturated rings. The fourth-order valence-corrected chi connectivity index (χ4v) is 2.16. The molecule has 1 unspecified atom stereocenters. The van der Waals surface area contributed by atoms with E-state index in [2.05, 4.69) is 12.2 Å². The van der Waals surface area contributed by atoms with E-state index in [0.717, 1.165) is 32.2 Å². The Labute approximate surface area is 127 Å². The number of aryl methyl sites for hydroxylation is 1. The molecule has 4 heteroatoms. The molecule has 0 radical (unpaired) electrons. The van der Waals surface area contributed by atoms with Crippen molar-refractivity contribution in [1.82, 2.24) is 5.32 Å². The van der Waals surface area contributed by atoms with Crippen molar-refractivity contribution in [3.63, 3.8) is 0 Å². The number of hydrogen-bond acceptors (Lipinski definition) is 3. The van der Waals surface area contributed by atoms with Crippen molar-refractivity contribution in [2.24, 2.45) is 0 Å². The molecule has 2 N–H and O–H groups in total. The topological polar surface area (TPSA) is 41.5 Å². The fourth-order valence-electron chi connectivity index (χ4n) is 2.16. The minimum absolute atomic E-state index is 0.144. The first-order valence-electron chi connectivity index (χ1n) is 7.75. The predicted molar refractivity (Wildman–Crippen MR) is 84.3 cm³/mol. The van der Waals surface area contributed by atoms with Crippen LogP contribution in [-0.2, 0) is 0 Å². The lowest BCUT2D eigenvalue weighted by atomic mass is 9.95. The van der Waals surface area contributed by atoms with Gasteiger partial charge in [-0.3, -0.25) is 0 Å². The SMILES string of the molecule is CCCNC(C)(CO)CCCCOc1ccc(F)c(C)c1. The van der Waals surface area contributed by atoms with E-state index in [-0.39, 0.29) is 18.0 Å². The molecule has 0 aromatic heterocycles. The van der Waals surface area contributed by atoms with E-state index in [9.17, 15) is 9.50 Å². The molecule has 0 aliphatic rings. The van der Waals surface area contributed by atoms with Crippen molar-refractivity contribution in [2.45, 2.75) is 52.0 Å². The number of halogens is 1. The molecule has 21 heavy (non-hydrogen) atoms. The maximum absolute atomic E-state index is 13.1. The molecular weight excluding hydrogens is 269 g/mol. The van der Waals surface area contributed by atoms with Crippen LogP contribution >= 0.6 is 0 Å². The highest BCUT2D eigenvalue weighted by molar-refractivity contribution is 5.28. The zero-order valence-corrected chi connectivity index (χ0v) is 13.4. The first-order chi connectivity index (χ1) is 10.0. The van der Waals surface area contributed by atoms with E-state index in [1.165, 1.54) is 6.07 Å². The first-order valence-corrected chi connectivity index (χ1v) is 7.75. The molecule has 3 nitrogen and oxygen atoms in total. The number of ether oxygens (including phenoxy) is 1. The lowest BCUT2D eigenvalue weighted by molar-refractivity contribution is 0.160. The van der Waals surface area contributed by atoms with Crippen LogP contribution in [0.2, 0.25) is 0 Å². The van der Waals surface area contributed by atoms with Gasteiger partial charge in [0.1, 0.15) is 11.6 Å². The van der Waals surface area contributed by atoms with Gasteiger partial charge in [0.05, 0.1) is 13.2 Å². The zero-order valence-electron chi connectivity index (χ0n) is 13.4. The number of hydrogen-bond donors (Lipinski definition) is 2. The maximum Gasteiger partial charge on any atom is 0.126 e. The summed E-state index contributed by atoms with van der Waals surface area (Å²) < 4.78 is 18.7. The summed E-state index contributed by atoms with van der Waals surface area (Å²) in [5.74, 6) is 0.506. The van der Waals surface area contributed by atoms with Gasteiger partial charge in [0.25, 0.3) is 0 Å². The number of benzene rings is 1. The minimum Gasteiger partial charge on any atom is -0.494 e. The molecule has 120 valence electrons. The summed E-state index contributed by atoms with van der Waals surface area (Å²) in [5, 5.41) is 12.9. The third kappa shape index (κ3) is 6.44. The lowest BCUT2D eigenvalue weighted by Crippen LogP contribution is -2.46. The van der Waals surface area contributed by atoms with Crippen LogP contribution in [0.1, 0.15) is 45.1 Å². The summed E-state index contributed by atoms with van der Waals surface area (Å²) in [6.45, 7) is 7.57. The highest BCUT2D eigenvalue weighted by Gasteiger charge is 2.21. The van der Waals surface area contributed by atoms with Crippen molar-refractivity contribution in [1.29, 1.82) is 0 Å². The summed E-state index contributed by atoms with van der Waals surface area (Å²) in [7, 11) is 0. The monoisotopic (exact) mass is 297 g/mol. The van der Waals surface area contributed by atoms with Gasteiger partial charge in [-0.1, -0.05) is 6.92 Å². The van der Waals surface area contributed by atoms with Gasteiger partial charge in [-0.2, -0.15) is 0 Å². The van der Waals surface area contributed by atoms with Gasteiger partial charge in [0, 0.05) is 5.54 Å². The molecular formula is C17H28FNO2. The van der Waals surface area contributed by atoms with Crippen molar-refractivity contribution >= 4 is 0 Å². The van der Waals surface area contributed by atoms with Crippen LogP contribution in [0.15, 0.2) is 18.2 Å². The van der Waals surface area contributed by atoms with Gasteiger partial charge in [0.15, 0.2) is 0 Å². The number of unbranched alkanes of at least 4 members (excludes halogenated alkanes) is 1. The second-order valence-corrected chi connectivity index (χ2v) is 5.86. The second-order valence-electron chi connectivity index (χ2n) is 5.86. The van der Waals surface area contributed by atoms with E-state index in [1.54, 1.807) is 19.1 Å². The van der Waals surface area contributed by atoms with E-state index < -0.39 is 0 Å². The summed E-state index contributed by atoms with van der Waals surface area (Å²) in [4.78, 5) is 0. The molecule has 0 spiro atoms. The Morgan fingerprint density at radius 2 is 2.10 bits per heavy atom. The van der Waals surface area contributed by atoms with Crippen molar-refractivity contribution < 1.29 is 14.2 Å². The van der Waals surface area contributed by atoms with Gasteiger partial charge in [0.2, 0.25) is 0 Å². The van der Waals surface area contributed by atoms with Crippen molar-refractivity contribution in [2.75, 3.05) is 19.8 Å². The second kappa shape index (κ2) is 9.00. The van der Waals surface area contributed by atoms with Crippen LogP contribution in [0.25, 0.3) is 0 Å². The number of aliphatic hydroxyl groups is 1. The Morgan fingerprint density at radius 3 is 2.71 bits per heavy atom. The molecule has 0 saturated heterocycles. The zero-order chi connectivity index (χ0) is 15.7. The summed E-state index contributed by atoms with van der Waals surface area (Å²) in [6.07, 6.45) is 3.87. The molecule has 1 aromatic rings. The van der Waals surface area contributed by atoms with Gasteiger partial charge in [-0.15, -0.1) is 0 Å². The normalized spacial score (nSPS) is 14.0. The largest absolute Gasteiger partial charge is 0.494 e. The third-order valence-electron chi connectivity index (χ3n) is 3.67. The van der Waals surface area contributed by atoms with Crippen molar-refractivity contribution in [3.8, 4) is 5.75 Å². The van der Waals surface area contributed by atoms with E-state index >= 15 is 0 Å². The Kier molecular flexibility index (Phi) is 7.68. The van der Waals surface area contributed by atoms with Gasteiger partial charge in [-0.25, -0.2) is 4.39 Å². The highest BCUT2D eigenvalue weighted by Crippen LogP contribution is 2.17. The van der Waals surface area contributed by atoms with Crippen LogP contribution in [0.5, 0.6) is 5.75 Å². The average Bonchev–Trinajstić information content (AvgIpc) is 2.48. The lowest BCUT2D eigenvalue weighted by Gasteiger charge is -2.28. The Bertz CT molecular complexity index is 425. The van der Waals surface area contributed by atoms with Crippen LogP contribution in [0, 0.1) is 12.7 Å². The van der Waals surface area contributed by atoms with E-state index in [4.69, 9.17) is 4.74 Å². The van der Waals surface area contributed by atoms with Crippen molar-refractivity contribution in [3.05, 3.63) is 29.6 Å². The molecule has 0 aliphatic carbocycles. The minimum atomic E-state index is -0.206. The Balaban J connectivity index is 2.25. The van der Waals surface area contributed by atoms with E-state index in [1.807, 2.05) is 6.92 Å². The molecule has 0 heterocycles. The van der Waals surface area contributed by atoms with Crippen LogP contribution in [-0.4, -0.2) is 30.4 Å². The molecule has 0 bridgehead atoms. The predicted octanol–water partition coefficient (Wildman–Crippen LogP) is 3.43. The van der Waals surface area contributed by atoms with Gasteiger partial charge < -0.3 is 15.2 Å². The van der Waals surface area contributed by atoms with Crippen LogP contribution in [0.3, 0.4) is 0 Å². The molecule has 1 rings (SSSR count). The average molecular weight is 297 g/mol. The van der Waals surface area contributed by atoms with Gasteiger partial charge in [-0.05, 0) is 69.8 Å². The fraction of sp³-hybridized carbons (Fsp3) is 0.647. The number of nitrogens with one attached hydrogen (secondary N) is 1. The summed E-state index contributed by atoms with van der Waals surface area (Å²) >= 11 is 0. The molecule has 0 aliphatic heterocycles. The molecule has 0 saturated carbocycles. The van der Waals surface area contributed by atoms with Gasteiger partial charge >= 0.3 is 0 Å². The smallest absolute Gasteiger partial charge is 0.126 e. The van der Waals surface area contributed by atoms with Crippen LogP contribution < -0.4 is 10.1 Å². The highest BCUT2D eigenvalue weighted by atomic mass is 19.1. The summed E-state index contributed by atoms with van der Waals surface area (Å²) in [5.41, 5.74) is 0.395. The Hall–Kier alpha value is -1.13. The quantitative estimate of drug-likeness (QED) is 0.650. The molecule has 1 aromatic carbocycles. The van der Waals surface area contributed by atoms with Crippen LogP contribution in [0.4, 0.5) is 4.39 Å². The maximum atomic E-state index is 13.1.